The second kappa shape index (κ2) is 5.66. The Morgan fingerprint density at radius 3 is 2.63 bits per heavy atom. The number of nitrogens with two attached hydrogens (primary N) is 2. The minimum Gasteiger partial charge on any atom is -0.409 e. The molecule has 0 radical (unpaired) electrons. The van der Waals surface area contributed by atoms with E-state index < -0.39 is 17.3 Å². The number of halogens is 1. The molecule has 7 heteroatoms. The summed E-state index contributed by atoms with van der Waals surface area (Å²) in [6.45, 7) is 3.29. The first-order chi connectivity index (χ1) is 8.79. The maximum absolute atomic E-state index is 14.1. The lowest BCUT2D eigenvalue weighted by Crippen LogP contribution is -2.50. The molecule has 0 heterocycles. The summed E-state index contributed by atoms with van der Waals surface area (Å²) in [7, 11) is 0. The molecule has 0 aliphatic carbocycles. The molecular weight excluding hydrogens is 251 g/mol. The number of primary amides is 1. The van der Waals surface area contributed by atoms with Crippen LogP contribution in [0.2, 0.25) is 0 Å². The highest BCUT2D eigenvalue weighted by atomic mass is 19.1. The Hall–Kier alpha value is -2.15. The van der Waals surface area contributed by atoms with Gasteiger partial charge in [0.15, 0.2) is 5.84 Å². The third-order valence-corrected chi connectivity index (χ3v) is 2.80. The van der Waals surface area contributed by atoms with Crippen molar-refractivity contribution in [3.63, 3.8) is 0 Å². The number of nitrogens with zero attached hydrogens (tertiary/aromatic N) is 1. The van der Waals surface area contributed by atoms with Crippen LogP contribution in [0.5, 0.6) is 0 Å². The number of amidine groups is 1. The number of carbonyl (C=O) groups is 1. The SMILES string of the molecule is CC(C)(NCc1cccc(/C(N)=N/O)c1F)C(N)=O. The number of carbonyl (C=O) groups excluding carboxylic acids is 1. The van der Waals surface area contributed by atoms with E-state index in [-0.39, 0.29) is 17.9 Å². The molecule has 0 spiro atoms. The molecule has 6 N–H and O–H groups in total. The van der Waals surface area contributed by atoms with Gasteiger partial charge < -0.3 is 16.7 Å². The number of benzene rings is 1. The molecule has 1 aromatic rings. The Kier molecular flexibility index (Phi) is 4.44. The van der Waals surface area contributed by atoms with Crippen LogP contribution in [-0.4, -0.2) is 22.5 Å². The van der Waals surface area contributed by atoms with E-state index in [2.05, 4.69) is 10.5 Å². The fourth-order valence-electron chi connectivity index (χ4n) is 1.37. The molecule has 0 aliphatic heterocycles. The van der Waals surface area contributed by atoms with Crippen molar-refractivity contribution in [2.75, 3.05) is 0 Å². The Morgan fingerprint density at radius 2 is 2.11 bits per heavy atom. The maximum atomic E-state index is 14.1. The van der Waals surface area contributed by atoms with Crippen molar-refractivity contribution in [1.29, 1.82) is 0 Å². The summed E-state index contributed by atoms with van der Waals surface area (Å²) >= 11 is 0. The highest BCUT2D eigenvalue weighted by molar-refractivity contribution is 5.97. The molecule has 0 unspecified atom stereocenters. The van der Waals surface area contributed by atoms with E-state index >= 15 is 0 Å². The van der Waals surface area contributed by atoms with Crippen LogP contribution < -0.4 is 16.8 Å². The van der Waals surface area contributed by atoms with E-state index in [1.54, 1.807) is 19.9 Å². The summed E-state index contributed by atoms with van der Waals surface area (Å²) in [6.07, 6.45) is 0. The molecule has 0 saturated carbocycles. The highest BCUT2D eigenvalue weighted by Crippen LogP contribution is 2.14. The van der Waals surface area contributed by atoms with Crippen LogP contribution in [0.4, 0.5) is 4.39 Å². The second-order valence-electron chi connectivity index (χ2n) is 4.61. The minimum atomic E-state index is -0.959. The number of nitrogens with one attached hydrogen (secondary N) is 1. The molecule has 0 saturated heterocycles. The van der Waals surface area contributed by atoms with Gasteiger partial charge in [-0.2, -0.15) is 0 Å². The Bertz CT molecular complexity index is 514. The first kappa shape index (κ1) is 14.9. The number of hydrogen-bond acceptors (Lipinski definition) is 4. The normalized spacial score (nSPS) is 12.5. The van der Waals surface area contributed by atoms with Gasteiger partial charge in [-0.3, -0.25) is 10.1 Å². The van der Waals surface area contributed by atoms with Crippen molar-refractivity contribution >= 4 is 11.7 Å². The number of hydrogen-bond donors (Lipinski definition) is 4. The van der Waals surface area contributed by atoms with Gasteiger partial charge in [-0.25, -0.2) is 4.39 Å². The van der Waals surface area contributed by atoms with E-state index in [0.717, 1.165) is 0 Å². The Labute approximate surface area is 110 Å². The van der Waals surface area contributed by atoms with Crippen molar-refractivity contribution in [2.45, 2.75) is 25.9 Å². The molecule has 0 atom stereocenters. The van der Waals surface area contributed by atoms with Gasteiger partial charge in [0.05, 0.1) is 11.1 Å². The van der Waals surface area contributed by atoms with Gasteiger partial charge in [0.2, 0.25) is 5.91 Å². The van der Waals surface area contributed by atoms with Gasteiger partial charge in [0.25, 0.3) is 0 Å². The molecular formula is C12H17FN4O2. The molecule has 6 nitrogen and oxygen atoms in total. The maximum Gasteiger partial charge on any atom is 0.237 e. The Balaban J connectivity index is 2.95. The summed E-state index contributed by atoms with van der Waals surface area (Å²) < 4.78 is 14.1. The zero-order valence-corrected chi connectivity index (χ0v) is 10.8. The largest absolute Gasteiger partial charge is 0.409 e. The quantitative estimate of drug-likeness (QED) is 0.266. The minimum absolute atomic E-state index is 0.00122. The van der Waals surface area contributed by atoms with E-state index in [0.29, 0.717) is 5.56 Å². The third kappa shape index (κ3) is 3.41. The van der Waals surface area contributed by atoms with Crippen molar-refractivity contribution in [2.24, 2.45) is 16.6 Å². The predicted molar refractivity (Wildman–Crippen MR) is 69.0 cm³/mol. The molecule has 19 heavy (non-hydrogen) atoms. The molecule has 1 rings (SSSR count). The van der Waals surface area contributed by atoms with Crippen LogP contribution in [0.25, 0.3) is 0 Å². The van der Waals surface area contributed by atoms with Gasteiger partial charge in [-0.05, 0) is 19.9 Å². The van der Waals surface area contributed by atoms with E-state index in [1.807, 2.05) is 0 Å². The van der Waals surface area contributed by atoms with Crippen LogP contribution in [0.15, 0.2) is 23.4 Å². The summed E-state index contributed by atoms with van der Waals surface area (Å²) in [5.74, 6) is -1.46. The highest BCUT2D eigenvalue weighted by Gasteiger charge is 2.24. The van der Waals surface area contributed by atoms with Crippen LogP contribution in [0.1, 0.15) is 25.0 Å². The summed E-state index contributed by atoms with van der Waals surface area (Å²) in [6, 6.07) is 4.51. The van der Waals surface area contributed by atoms with Gasteiger partial charge >= 0.3 is 0 Å². The molecule has 0 fully saturated rings. The average molecular weight is 268 g/mol. The molecule has 0 aliphatic rings. The molecule has 104 valence electrons. The van der Waals surface area contributed by atoms with Crippen molar-refractivity contribution in [3.05, 3.63) is 35.1 Å². The number of amides is 1. The van der Waals surface area contributed by atoms with Crippen molar-refractivity contribution in [3.8, 4) is 0 Å². The van der Waals surface area contributed by atoms with E-state index in [1.165, 1.54) is 12.1 Å². The lowest BCUT2D eigenvalue weighted by molar-refractivity contribution is -0.123. The van der Waals surface area contributed by atoms with Crippen LogP contribution in [-0.2, 0) is 11.3 Å². The zero-order chi connectivity index (χ0) is 14.6. The monoisotopic (exact) mass is 268 g/mol. The smallest absolute Gasteiger partial charge is 0.237 e. The predicted octanol–water partition coefficient (Wildman–Crippen LogP) is 0.274. The number of rotatable bonds is 5. The average Bonchev–Trinajstić information content (AvgIpc) is 2.36. The van der Waals surface area contributed by atoms with E-state index in [9.17, 15) is 9.18 Å². The van der Waals surface area contributed by atoms with Gasteiger partial charge in [-0.15, -0.1) is 0 Å². The third-order valence-electron chi connectivity index (χ3n) is 2.80. The molecule has 1 amide bonds. The van der Waals surface area contributed by atoms with Crippen LogP contribution >= 0.6 is 0 Å². The van der Waals surface area contributed by atoms with Gasteiger partial charge in [0, 0.05) is 12.1 Å². The fraction of sp³-hybridized carbons (Fsp3) is 0.333. The molecule has 1 aromatic carbocycles. The van der Waals surface area contributed by atoms with Crippen LogP contribution in [0, 0.1) is 5.82 Å². The summed E-state index contributed by atoms with van der Waals surface area (Å²) in [4.78, 5) is 11.1. The molecule has 0 bridgehead atoms. The summed E-state index contributed by atoms with van der Waals surface area (Å²) in [5, 5.41) is 14.2. The first-order valence-electron chi connectivity index (χ1n) is 5.60. The topological polar surface area (TPSA) is 114 Å². The Morgan fingerprint density at radius 1 is 1.47 bits per heavy atom. The lowest BCUT2D eigenvalue weighted by Gasteiger charge is -2.22. The lowest BCUT2D eigenvalue weighted by atomic mass is 10.0. The second-order valence-corrected chi connectivity index (χ2v) is 4.61. The fourth-order valence-corrected chi connectivity index (χ4v) is 1.37. The van der Waals surface area contributed by atoms with Crippen molar-refractivity contribution < 1.29 is 14.4 Å². The van der Waals surface area contributed by atoms with Crippen LogP contribution in [0.3, 0.4) is 0 Å². The first-order valence-corrected chi connectivity index (χ1v) is 5.60. The number of oxime groups is 1. The molecule has 0 aromatic heterocycles. The standard InChI is InChI=1S/C12H17FN4O2/c1-12(2,11(15)18)16-6-7-4-3-5-8(9(7)13)10(14)17-19/h3-5,16,19H,6H2,1-2H3,(H2,14,17)(H2,15,18). The van der Waals surface area contributed by atoms with Gasteiger partial charge in [-0.1, -0.05) is 17.3 Å². The van der Waals surface area contributed by atoms with E-state index in [4.69, 9.17) is 16.7 Å². The van der Waals surface area contributed by atoms with Gasteiger partial charge in [0.1, 0.15) is 5.82 Å². The summed E-state index contributed by atoms with van der Waals surface area (Å²) in [5.41, 5.74) is 9.89. The zero-order valence-electron chi connectivity index (χ0n) is 10.8. The van der Waals surface area contributed by atoms with Crippen molar-refractivity contribution in [1.82, 2.24) is 5.32 Å².